The molecule has 2 aromatic carbocycles. The van der Waals surface area contributed by atoms with Crippen LogP contribution < -0.4 is 4.90 Å². The lowest BCUT2D eigenvalue weighted by Crippen LogP contribution is -2.38. The fourth-order valence-electron chi connectivity index (χ4n) is 3.91. The van der Waals surface area contributed by atoms with E-state index in [2.05, 4.69) is 48.0 Å². The van der Waals surface area contributed by atoms with E-state index in [1.54, 1.807) is 0 Å². The van der Waals surface area contributed by atoms with E-state index in [-0.39, 0.29) is 12.4 Å². The molecule has 0 aromatic heterocycles. The Bertz CT molecular complexity index is 805. The summed E-state index contributed by atoms with van der Waals surface area (Å²) in [6.07, 6.45) is 3.98. The first-order valence-corrected chi connectivity index (χ1v) is 9.25. The van der Waals surface area contributed by atoms with E-state index in [0.717, 1.165) is 24.6 Å². The molecule has 1 fully saturated rings. The second kappa shape index (κ2) is 7.70. The maximum Gasteiger partial charge on any atom is 0.0991 e. The van der Waals surface area contributed by atoms with Gasteiger partial charge in [-0.2, -0.15) is 5.26 Å². The number of hydrogen-bond acceptors (Lipinski definition) is 3. The summed E-state index contributed by atoms with van der Waals surface area (Å²) >= 11 is 0. The van der Waals surface area contributed by atoms with Gasteiger partial charge in [-0.1, -0.05) is 6.07 Å². The molecule has 2 aliphatic rings. The third-order valence-corrected chi connectivity index (χ3v) is 5.88. The molecule has 4 rings (SSSR count). The highest BCUT2D eigenvalue weighted by atomic mass is 35.5. The first kappa shape index (κ1) is 18.8. The summed E-state index contributed by atoms with van der Waals surface area (Å²) < 4.78 is 0. The molecule has 0 radical (unpaired) electrons. The normalized spacial score (nSPS) is 17.6. The van der Waals surface area contributed by atoms with Crippen LogP contribution in [0.5, 0.6) is 0 Å². The van der Waals surface area contributed by atoms with Crippen LogP contribution in [0.1, 0.15) is 36.5 Å². The molecule has 0 bridgehead atoms. The van der Waals surface area contributed by atoms with Gasteiger partial charge in [-0.3, -0.25) is 4.90 Å². The van der Waals surface area contributed by atoms with Gasteiger partial charge in [0.05, 0.1) is 11.6 Å². The van der Waals surface area contributed by atoms with Crippen molar-refractivity contribution in [3.8, 4) is 6.07 Å². The number of hydrogen-bond donors (Lipinski definition) is 0. The Labute approximate surface area is 162 Å². The van der Waals surface area contributed by atoms with Gasteiger partial charge in [0.1, 0.15) is 0 Å². The Morgan fingerprint density at radius 1 is 1.08 bits per heavy atom. The molecule has 1 aliphatic carbocycles. The molecule has 2 aromatic rings. The number of benzene rings is 2. The molecular weight excluding hydrogens is 342 g/mol. The zero-order valence-corrected chi connectivity index (χ0v) is 16.3. The van der Waals surface area contributed by atoms with Crippen molar-refractivity contribution in [1.29, 1.82) is 5.26 Å². The summed E-state index contributed by atoms with van der Waals surface area (Å²) in [5, 5.41) is 8.96. The molecule has 1 atom stereocenters. The van der Waals surface area contributed by atoms with E-state index in [1.807, 2.05) is 24.3 Å². The third-order valence-electron chi connectivity index (χ3n) is 5.88. The van der Waals surface area contributed by atoms with Gasteiger partial charge in [0.2, 0.25) is 0 Å². The van der Waals surface area contributed by atoms with Crippen LogP contribution in [0.25, 0.3) is 0 Å². The Balaban J connectivity index is 0.00000196. The average molecular weight is 368 g/mol. The summed E-state index contributed by atoms with van der Waals surface area (Å²) in [6.45, 7) is 4.66. The lowest BCUT2D eigenvalue weighted by Gasteiger charge is -2.34. The highest BCUT2D eigenvalue weighted by Gasteiger charge is 2.33. The highest BCUT2D eigenvalue weighted by molar-refractivity contribution is 5.85. The van der Waals surface area contributed by atoms with Crippen LogP contribution in [0.4, 0.5) is 11.4 Å². The van der Waals surface area contributed by atoms with Crippen LogP contribution in [0, 0.1) is 17.2 Å². The molecule has 0 N–H and O–H groups in total. The maximum absolute atomic E-state index is 8.96. The zero-order chi connectivity index (χ0) is 17.4. The maximum atomic E-state index is 8.96. The molecule has 0 saturated heterocycles. The monoisotopic (exact) mass is 367 g/mol. The summed E-state index contributed by atoms with van der Waals surface area (Å²) in [5.74, 6) is 0.922. The van der Waals surface area contributed by atoms with Gasteiger partial charge in [0, 0.05) is 37.6 Å². The van der Waals surface area contributed by atoms with Crippen molar-refractivity contribution < 1.29 is 0 Å². The van der Waals surface area contributed by atoms with E-state index in [1.165, 1.54) is 36.2 Å². The number of nitrogens with zero attached hydrogens (tertiary/aromatic N) is 3. The minimum absolute atomic E-state index is 0. The molecule has 1 saturated carbocycles. The Morgan fingerprint density at radius 3 is 2.42 bits per heavy atom. The summed E-state index contributed by atoms with van der Waals surface area (Å²) in [7, 11) is 2.09. The fraction of sp³-hybridized carbons (Fsp3) is 0.409. The van der Waals surface area contributed by atoms with E-state index < -0.39 is 0 Å². The number of anilines is 2. The van der Waals surface area contributed by atoms with E-state index in [4.69, 9.17) is 5.26 Å². The van der Waals surface area contributed by atoms with Crippen LogP contribution >= 0.6 is 12.4 Å². The average Bonchev–Trinajstić information content (AvgIpc) is 3.51. The van der Waals surface area contributed by atoms with Gasteiger partial charge in [0.25, 0.3) is 0 Å². The summed E-state index contributed by atoms with van der Waals surface area (Å²) in [6, 6.07) is 17.5. The zero-order valence-electron chi connectivity index (χ0n) is 15.5. The van der Waals surface area contributed by atoms with Crippen molar-refractivity contribution >= 4 is 23.8 Å². The Kier molecular flexibility index (Phi) is 5.55. The van der Waals surface area contributed by atoms with Crippen LogP contribution in [0.2, 0.25) is 0 Å². The standard InChI is InChI=1S/C22H25N3.ClH/c1-16(18-5-6-18)25-12-11-19-7-10-22(13-20(19)15-25)24(2)21-8-3-17(14-23)4-9-21;/h3-4,7-10,13,16,18H,5-6,11-12,15H2,1-2H3;1H. The molecule has 1 aliphatic heterocycles. The van der Waals surface area contributed by atoms with Gasteiger partial charge >= 0.3 is 0 Å². The van der Waals surface area contributed by atoms with Crippen molar-refractivity contribution in [3.05, 3.63) is 59.2 Å². The molecule has 1 unspecified atom stereocenters. The van der Waals surface area contributed by atoms with E-state index in [0.29, 0.717) is 11.6 Å². The van der Waals surface area contributed by atoms with Gasteiger partial charge in [-0.05, 0) is 79.6 Å². The summed E-state index contributed by atoms with van der Waals surface area (Å²) in [5.41, 5.74) is 5.99. The molecule has 0 spiro atoms. The van der Waals surface area contributed by atoms with Crippen molar-refractivity contribution in [1.82, 2.24) is 4.90 Å². The lowest BCUT2D eigenvalue weighted by atomic mass is 9.97. The minimum atomic E-state index is 0. The first-order valence-electron chi connectivity index (χ1n) is 9.25. The van der Waals surface area contributed by atoms with Crippen LogP contribution in [0.15, 0.2) is 42.5 Å². The Morgan fingerprint density at radius 2 is 1.77 bits per heavy atom. The molecule has 4 heteroatoms. The van der Waals surface area contributed by atoms with Crippen molar-refractivity contribution in [2.24, 2.45) is 5.92 Å². The SMILES string of the molecule is CC(C1CC1)N1CCc2ccc(N(C)c3ccc(C#N)cc3)cc2C1.Cl. The molecule has 0 amide bonds. The van der Waals surface area contributed by atoms with Gasteiger partial charge in [0.15, 0.2) is 0 Å². The van der Waals surface area contributed by atoms with Crippen LogP contribution in [-0.2, 0) is 13.0 Å². The Hall–Kier alpha value is -2.02. The molecule has 26 heavy (non-hydrogen) atoms. The molecular formula is C22H26ClN3. The number of rotatable bonds is 4. The fourth-order valence-corrected chi connectivity index (χ4v) is 3.91. The second-order valence-corrected chi connectivity index (χ2v) is 7.47. The highest BCUT2D eigenvalue weighted by Crippen LogP contribution is 2.37. The first-order chi connectivity index (χ1) is 12.2. The smallest absolute Gasteiger partial charge is 0.0991 e. The lowest BCUT2D eigenvalue weighted by molar-refractivity contribution is 0.172. The van der Waals surface area contributed by atoms with E-state index >= 15 is 0 Å². The quantitative estimate of drug-likeness (QED) is 0.769. The van der Waals surface area contributed by atoms with Crippen molar-refractivity contribution in [2.45, 2.75) is 38.8 Å². The molecule has 136 valence electrons. The second-order valence-electron chi connectivity index (χ2n) is 7.47. The van der Waals surface area contributed by atoms with Gasteiger partial charge in [-0.25, -0.2) is 0 Å². The predicted octanol–water partition coefficient (Wildman–Crippen LogP) is 4.90. The largest absolute Gasteiger partial charge is 0.345 e. The number of fused-ring (bicyclic) bond motifs is 1. The van der Waals surface area contributed by atoms with Crippen LogP contribution in [0.3, 0.4) is 0 Å². The van der Waals surface area contributed by atoms with E-state index in [9.17, 15) is 0 Å². The minimum Gasteiger partial charge on any atom is -0.345 e. The van der Waals surface area contributed by atoms with Gasteiger partial charge < -0.3 is 4.90 Å². The molecule has 1 heterocycles. The third kappa shape index (κ3) is 3.72. The van der Waals surface area contributed by atoms with Crippen molar-refractivity contribution in [3.63, 3.8) is 0 Å². The van der Waals surface area contributed by atoms with Crippen LogP contribution in [-0.4, -0.2) is 24.5 Å². The predicted molar refractivity (Wildman–Crippen MR) is 109 cm³/mol. The summed E-state index contributed by atoms with van der Waals surface area (Å²) in [4.78, 5) is 4.86. The van der Waals surface area contributed by atoms with Gasteiger partial charge in [-0.15, -0.1) is 12.4 Å². The number of halogens is 1. The number of nitriles is 1. The van der Waals surface area contributed by atoms with Crippen molar-refractivity contribution in [2.75, 3.05) is 18.5 Å². The topological polar surface area (TPSA) is 30.3 Å². The molecule has 3 nitrogen and oxygen atoms in total.